The third-order valence-electron chi connectivity index (χ3n) is 4.15. The van der Waals surface area contributed by atoms with Crippen molar-refractivity contribution in [2.45, 2.75) is 25.1 Å². The Bertz CT molecular complexity index is 766. The van der Waals surface area contributed by atoms with Crippen molar-refractivity contribution in [2.24, 2.45) is 5.73 Å². The normalized spacial score (nSPS) is 16.6. The summed E-state index contributed by atoms with van der Waals surface area (Å²) in [5.41, 5.74) is 5.36. The topological polar surface area (TPSA) is 71.2 Å². The molecule has 1 amide bonds. The number of nitrogens with zero attached hydrogens (tertiary/aromatic N) is 2. The number of nitrogens with one attached hydrogen (secondary N) is 1. The lowest BCUT2D eigenvalue weighted by atomic mass is 10.1. The van der Waals surface area contributed by atoms with E-state index in [9.17, 15) is 18.0 Å². The smallest absolute Gasteiger partial charge is 0.356 e. The maximum absolute atomic E-state index is 13.5. The highest BCUT2D eigenvalue weighted by molar-refractivity contribution is 7.17. The Balaban J connectivity index is 2.14. The number of nitrogens with two attached hydrogens (primary N) is 1. The number of amides is 1. The van der Waals surface area contributed by atoms with Crippen molar-refractivity contribution in [3.05, 3.63) is 22.6 Å². The van der Waals surface area contributed by atoms with Crippen LogP contribution in [0.25, 0.3) is 10.2 Å². The number of hydrogen-bond acceptors (Lipinski definition) is 5. The average Bonchev–Trinajstić information content (AvgIpc) is 2.96. The van der Waals surface area contributed by atoms with E-state index in [1.165, 1.54) is 12.4 Å². The molecule has 0 saturated carbocycles. The SMILES string of the molecule is CNC(=O)c1csc2c(C(F)(F)F)cc(N3CCC(N)CC3)nc12. The van der Waals surface area contributed by atoms with E-state index in [0.29, 0.717) is 25.9 Å². The molecular formula is C15H17F3N4OS. The average molecular weight is 358 g/mol. The summed E-state index contributed by atoms with van der Waals surface area (Å²) >= 11 is 0.885. The number of alkyl halides is 3. The fraction of sp³-hybridized carbons (Fsp3) is 0.467. The molecule has 0 atom stereocenters. The van der Waals surface area contributed by atoms with E-state index < -0.39 is 17.6 Å². The van der Waals surface area contributed by atoms with Gasteiger partial charge in [-0.15, -0.1) is 11.3 Å². The van der Waals surface area contributed by atoms with E-state index in [-0.39, 0.29) is 27.6 Å². The van der Waals surface area contributed by atoms with Crippen molar-refractivity contribution < 1.29 is 18.0 Å². The Labute approximate surface area is 140 Å². The summed E-state index contributed by atoms with van der Waals surface area (Å²) in [5, 5.41) is 3.86. The number of thiophene rings is 1. The number of fused-ring (bicyclic) bond motifs is 1. The van der Waals surface area contributed by atoms with Gasteiger partial charge >= 0.3 is 6.18 Å². The van der Waals surface area contributed by atoms with Gasteiger partial charge in [-0.25, -0.2) is 4.98 Å². The first-order valence-electron chi connectivity index (χ1n) is 7.53. The molecule has 2 aromatic rings. The van der Waals surface area contributed by atoms with Crippen molar-refractivity contribution in [2.75, 3.05) is 25.0 Å². The minimum Gasteiger partial charge on any atom is -0.356 e. The van der Waals surface area contributed by atoms with Gasteiger partial charge in [-0.1, -0.05) is 0 Å². The number of carbonyl (C=O) groups is 1. The first kappa shape index (κ1) is 17.0. The molecule has 3 heterocycles. The van der Waals surface area contributed by atoms with E-state index in [1.54, 1.807) is 4.90 Å². The molecule has 5 nitrogen and oxygen atoms in total. The monoisotopic (exact) mass is 358 g/mol. The van der Waals surface area contributed by atoms with Crippen LogP contribution in [-0.4, -0.2) is 37.1 Å². The van der Waals surface area contributed by atoms with Crippen LogP contribution in [0.15, 0.2) is 11.4 Å². The molecule has 3 rings (SSSR count). The highest BCUT2D eigenvalue weighted by Crippen LogP contribution is 2.40. The molecule has 1 saturated heterocycles. The van der Waals surface area contributed by atoms with Crippen molar-refractivity contribution >= 4 is 33.3 Å². The fourth-order valence-corrected chi connectivity index (χ4v) is 3.82. The van der Waals surface area contributed by atoms with Crippen LogP contribution in [0.2, 0.25) is 0 Å². The standard InChI is InChI=1S/C15H17F3N4OS/c1-20-14(23)9-7-24-13-10(15(16,17)18)6-11(21-12(9)13)22-4-2-8(19)3-5-22/h6-8H,2-5,19H2,1H3,(H,20,23). The summed E-state index contributed by atoms with van der Waals surface area (Å²) in [4.78, 5) is 18.1. The Morgan fingerprint density at radius 3 is 2.67 bits per heavy atom. The van der Waals surface area contributed by atoms with Gasteiger partial charge in [0.15, 0.2) is 0 Å². The second-order valence-corrected chi connectivity index (χ2v) is 6.64. The molecule has 1 fully saturated rings. The van der Waals surface area contributed by atoms with Crippen LogP contribution in [0.1, 0.15) is 28.8 Å². The predicted molar refractivity (Wildman–Crippen MR) is 87.4 cm³/mol. The zero-order valence-corrected chi connectivity index (χ0v) is 13.8. The van der Waals surface area contributed by atoms with Gasteiger partial charge in [-0.05, 0) is 18.9 Å². The molecule has 3 N–H and O–H groups in total. The molecule has 9 heteroatoms. The van der Waals surface area contributed by atoms with E-state index in [0.717, 1.165) is 17.4 Å². The highest BCUT2D eigenvalue weighted by Gasteiger charge is 2.36. The van der Waals surface area contributed by atoms with Gasteiger partial charge in [-0.2, -0.15) is 13.2 Å². The largest absolute Gasteiger partial charge is 0.417 e. The predicted octanol–water partition coefficient (Wildman–Crippen LogP) is 2.60. The Hall–Kier alpha value is -1.87. The van der Waals surface area contributed by atoms with Crippen molar-refractivity contribution in [3.63, 3.8) is 0 Å². The first-order chi connectivity index (χ1) is 11.3. The molecule has 1 aliphatic rings. The number of hydrogen-bond donors (Lipinski definition) is 2. The molecule has 0 radical (unpaired) electrons. The van der Waals surface area contributed by atoms with Crippen LogP contribution < -0.4 is 16.0 Å². The Kier molecular flexibility index (Phi) is 4.39. The lowest BCUT2D eigenvalue weighted by Crippen LogP contribution is -2.40. The number of pyridine rings is 1. The van der Waals surface area contributed by atoms with Crippen LogP contribution in [0.3, 0.4) is 0 Å². The Morgan fingerprint density at radius 1 is 1.42 bits per heavy atom. The van der Waals surface area contributed by atoms with Gasteiger partial charge in [0, 0.05) is 31.6 Å². The maximum atomic E-state index is 13.5. The molecule has 0 unspecified atom stereocenters. The van der Waals surface area contributed by atoms with Gasteiger partial charge in [-0.3, -0.25) is 4.79 Å². The fourth-order valence-electron chi connectivity index (χ4n) is 2.79. The van der Waals surface area contributed by atoms with Crippen LogP contribution in [0.5, 0.6) is 0 Å². The second kappa shape index (κ2) is 6.21. The third kappa shape index (κ3) is 3.05. The van der Waals surface area contributed by atoms with Crippen molar-refractivity contribution in [1.82, 2.24) is 10.3 Å². The number of halogens is 3. The van der Waals surface area contributed by atoms with E-state index in [1.807, 2.05) is 0 Å². The summed E-state index contributed by atoms with van der Waals surface area (Å²) < 4.78 is 40.4. The number of piperidine rings is 1. The lowest BCUT2D eigenvalue weighted by Gasteiger charge is -2.31. The molecule has 130 valence electrons. The van der Waals surface area contributed by atoms with Crippen LogP contribution in [0, 0.1) is 0 Å². The molecule has 2 aromatic heterocycles. The second-order valence-electron chi connectivity index (χ2n) is 5.76. The van der Waals surface area contributed by atoms with Gasteiger partial charge in [0.1, 0.15) is 5.82 Å². The van der Waals surface area contributed by atoms with Gasteiger partial charge in [0.05, 0.1) is 21.3 Å². The zero-order valence-electron chi connectivity index (χ0n) is 13.0. The van der Waals surface area contributed by atoms with E-state index in [4.69, 9.17) is 5.73 Å². The third-order valence-corrected chi connectivity index (χ3v) is 5.15. The number of anilines is 1. The van der Waals surface area contributed by atoms with Crippen LogP contribution >= 0.6 is 11.3 Å². The summed E-state index contributed by atoms with van der Waals surface area (Å²) in [7, 11) is 1.44. The summed E-state index contributed by atoms with van der Waals surface area (Å²) in [5.74, 6) is -0.204. The Morgan fingerprint density at radius 2 is 2.08 bits per heavy atom. The number of carbonyl (C=O) groups excluding carboxylic acids is 1. The van der Waals surface area contributed by atoms with Crippen LogP contribution in [-0.2, 0) is 6.18 Å². The van der Waals surface area contributed by atoms with E-state index in [2.05, 4.69) is 10.3 Å². The molecule has 0 bridgehead atoms. The van der Waals surface area contributed by atoms with Gasteiger partial charge < -0.3 is 16.0 Å². The van der Waals surface area contributed by atoms with Crippen LogP contribution in [0.4, 0.5) is 19.0 Å². The molecule has 1 aliphatic heterocycles. The molecule has 0 aromatic carbocycles. The molecule has 24 heavy (non-hydrogen) atoms. The lowest BCUT2D eigenvalue weighted by molar-refractivity contribution is -0.136. The minimum atomic E-state index is -4.51. The first-order valence-corrected chi connectivity index (χ1v) is 8.41. The molecule has 0 spiro atoms. The minimum absolute atomic E-state index is 0.0152. The summed E-state index contributed by atoms with van der Waals surface area (Å²) in [6.07, 6.45) is -3.10. The molecular weight excluding hydrogens is 341 g/mol. The molecule has 0 aliphatic carbocycles. The number of rotatable bonds is 2. The van der Waals surface area contributed by atoms with Crippen molar-refractivity contribution in [3.8, 4) is 0 Å². The zero-order chi connectivity index (χ0) is 17.5. The van der Waals surface area contributed by atoms with Crippen molar-refractivity contribution in [1.29, 1.82) is 0 Å². The summed E-state index contributed by atoms with van der Waals surface area (Å²) in [6.45, 7) is 1.10. The van der Waals surface area contributed by atoms with Gasteiger partial charge in [0.2, 0.25) is 0 Å². The highest BCUT2D eigenvalue weighted by atomic mass is 32.1. The quantitative estimate of drug-likeness (QED) is 0.866. The van der Waals surface area contributed by atoms with Gasteiger partial charge in [0.25, 0.3) is 5.91 Å². The maximum Gasteiger partial charge on any atom is 0.417 e. The van der Waals surface area contributed by atoms with E-state index >= 15 is 0 Å². The summed E-state index contributed by atoms with van der Waals surface area (Å²) in [6, 6.07) is 1.14. The number of aromatic nitrogens is 1.